The van der Waals surface area contributed by atoms with Crippen molar-refractivity contribution >= 4 is 34.4 Å². The molecule has 2 fully saturated rings. The van der Waals surface area contributed by atoms with Crippen molar-refractivity contribution in [2.75, 3.05) is 19.0 Å². The molecule has 10 nitrogen and oxygen atoms in total. The molecule has 1 saturated carbocycles. The topological polar surface area (TPSA) is 140 Å². The molecule has 5 rings (SSSR count). The fourth-order valence-corrected chi connectivity index (χ4v) is 5.89. The molecule has 1 aromatic heterocycles. The molecule has 10 heteroatoms. The van der Waals surface area contributed by atoms with Crippen LogP contribution >= 0.6 is 0 Å². The first-order chi connectivity index (χ1) is 18.3. The molecule has 1 unspecified atom stereocenters. The highest BCUT2D eigenvalue weighted by Gasteiger charge is 2.35. The third-order valence-corrected chi connectivity index (χ3v) is 7.93. The Kier molecular flexibility index (Phi) is 6.96. The summed E-state index contributed by atoms with van der Waals surface area (Å²) in [6.45, 7) is 2.40. The number of ether oxygens (including phenoxy) is 1. The van der Waals surface area contributed by atoms with Gasteiger partial charge in [0.25, 0.3) is 5.91 Å². The van der Waals surface area contributed by atoms with Gasteiger partial charge in [0.1, 0.15) is 11.8 Å². The predicted molar refractivity (Wildman–Crippen MR) is 143 cm³/mol. The Morgan fingerprint density at radius 1 is 1.08 bits per heavy atom. The SMILES string of the molecule is COc1cc(NC(=O)C2CCC(n3c(=O)[nH]c4c(C(=O)N5CCCC5C(N)=O)cccc43)CC2)ccc1C. The van der Waals surface area contributed by atoms with Crippen LogP contribution in [0.3, 0.4) is 0 Å². The molecule has 1 atom stereocenters. The number of methoxy groups -OCH3 is 1. The molecule has 0 radical (unpaired) electrons. The molecule has 2 aliphatic rings. The first kappa shape index (κ1) is 25.6. The number of likely N-dealkylation sites (tertiary alicyclic amines) is 1. The number of nitrogens with one attached hydrogen (secondary N) is 2. The average molecular weight is 520 g/mol. The number of imidazole rings is 1. The van der Waals surface area contributed by atoms with Crippen LogP contribution < -0.4 is 21.5 Å². The van der Waals surface area contributed by atoms with E-state index in [0.29, 0.717) is 67.4 Å². The number of rotatable bonds is 6. The molecule has 0 bridgehead atoms. The predicted octanol–water partition coefficient (Wildman–Crippen LogP) is 3.11. The van der Waals surface area contributed by atoms with E-state index in [1.807, 2.05) is 31.2 Å². The standard InChI is InChI=1S/C28H33N5O5/c1-16-8-11-18(15-23(16)38-2)30-26(35)17-9-12-19(13-10-17)33-21-6-3-5-20(24(21)31-28(33)37)27(36)32-14-4-7-22(32)25(29)34/h3,5-6,8,11,15,17,19,22H,4,7,9-10,12-14H2,1-2H3,(H2,29,34)(H,30,35)(H,31,37). The van der Waals surface area contributed by atoms with E-state index >= 15 is 0 Å². The lowest BCUT2D eigenvalue weighted by Gasteiger charge is -2.28. The average Bonchev–Trinajstić information content (AvgIpc) is 3.54. The quantitative estimate of drug-likeness (QED) is 0.459. The van der Waals surface area contributed by atoms with E-state index in [1.54, 1.807) is 23.8 Å². The van der Waals surface area contributed by atoms with E-state index in [1.165, 1.54) is 4.90 Å². The van der Waals surface area contributed by atoms with Crippen LogP contribution in [0.15, 0.2) is 41.2 Å². The zero-order valence-corrected chi connectivity index (χ0v) is 21.7. The van der Waals surface area contributed by atoms with Crippen LogP contribution in [0.2, 0.25) is 0 Å². The Hall–Kier alpha value is -4.08. The van der Waals surface area contributed by atoms with Gasteiger partial charge in [-0.1, -0.05) is 12.1 Å². The van der Waals surface area contributed by atoms with Crippen LogP contribution in [-0.4, -0.2) is 51.9 Å². The summed E-state index contributed by atoms with van der Waals surface area (Å²) < 4.78 is 7.06. The summed E-state index contributed by atoms with van der Waals surface area (Å²) in [5.41, 5.74) is 8.38. The van der Waals surface area contributed by atoms with E-state index in [2.05, 4.69) is 10.3 Å². The number of fused-ring (bicyclic) bond motifs is 1. The van der Waals surface area contributed by atoms with Crippen LogP contribution in [0, 0.1) is 12.8 Å². The molecule has 38 heavy (non-hydrogen) atoms. The fraction of sp³-hybridized carbons (Fsp3) is 0.429. The number of nitrogens with two attached hydrogens (primary N) is 1. The largest absolute Gasteiger partial charge is 0.496 e. The number of aryl methyl sites for hydroxylation is 1. The van der Waals surface area contributed by atoms with Gasteiger partial charge in [0.05, 0.1) is 23.7 Å². The molecule has 1 aliphatic carbocycles. The summed E-state index contributed by atoms with van der Waals surface area (Å²) in [5, 5.41) is 2.99. The molecule has 0 spiro atoms. The number of hydrogen-bond acceptors (Lipinski definition) is 5. The number of aromatic nitrogens is 2. The molecule has 200 valence electrons. The van der Waals surface area contributed by atoms with E-state index in [-0.39, 0.29) is 29.5 Å². The van der Waals surface area contributed by atoms with Gasteiger partial charge < -0.3 is 25.7 Å². The van der Waals surface area contributed by atoms with Crippen molar-refractivity contribution in [3.8, 4) is 5.75 Å². The van der Waals surface area contributed by atoms with E-state index in [9.17, 15) is 19.2 Å². The van der Waals surface area contributed by atoms with Gasteiger partial charge in [-0.3, -0.25) is 19.0 Å². The number of hydrogen-bond donors (Lipinski definition) is 3. The fourth-order valence-electron chi connectivity index (χ4n) is 5.89. The number of nitrogens with zero attached hydrogens (tertiary/aromatic N) is 2. The van der Waals surface area contributed by atoms with Gasteiger partial charge in [-0.25, -0.2) is 4.79 Å². The molecule has 3 amide bonds. The van der Waals surface area contributed by atoms with Crippen LogP contribution in [-0.2, 0) is 9.59 Å². The maximum Gasteiger partial charge on any atom is 0.326 e. The van der Waals surface area contributed by atoms with Gasteiger partial charge in [-0.15, -0.1) is 0 Å². The maximum atomic E-state index is 13.3. The molecule has 4 N–H and O–H groups in total. The lowest BCUT2D eigenvalue weighted by atomic mass is 9.85. The Morgan fingerprint density at radius 2 is 1.84 bits per heavy atom. The number of carbonyl (C=O) groups is 3. The van der Waals surface area contributed by atoms with Crippen molar-refractivity contribution in [1.82, 2.24) is 14.5 Å². The number of benzene rings is 2. The number of anilines is 1. The van der Waals surface area contributed by atoms with E-state index < -0.39 is 11.9 Å². The third kappa shape index (κ3) is 4.66. The lowest BCUT2D eigenvalue weighted by Crippen LogP contribution is -2.43. The molecule has 2 aromatic carbocycles. The Morgan fingerprint density at radius 3 is 2.55 bits per heavy atom. The first-order valence-electron chi connectivity index (χ1n) is 13.1. The van der Waals surface area contributed by atoms with Gasteiger partial charge in [0, 0.05) is 30.3 Å². The highest BCUT2D eigenvalue weighted by atomic mass is 16.5. The third-order valence-electron chi connectivity index (χ3n) is 7.93. The first-order valence-corrected chi connectivity index (χ1v) is 13.1. The highest BCUT2D eigenvalue weighted by molar-refractivity contribution is 6.06. The van der Waals surface area contributed by atoms with Crippen molar-refractivity contribution < 1.29 is 19.1 Å². The summed E-state index contributed by atoms with van der Waals surface area (Å²) >= 11 is 0. The van der Waals surface area contributed by atoms with E-state index in [0.717, 1.165) is 11.3 Å². The van der Waals surface area contributed by atoms with Crippen LogP contribution in [0.25, 0.3) is 11.0 Å². The molecule has 2 heterocycles. The molecule has 1 saturated heterocycles. The summed E-state index contributed by atoms with van der Waals surface area (Å²) in [4.78, 5) is 55.5. The Bertz CT molecular complexity index is 1450. The van der Waals surface area contributed by atoms with Crippen molar-refractivity contribution in [3.05, 3.63) is 58.0 Å². The second kappa shape index (κ2) is 10.4. The molecule has 1 aliphatic heterocycles. The van der Waals surface area contributed by atoms with Crippen LogP contribution in [0.5, 0.6) is 5.75 Å². The van der Waals surface area contributed by atoms with Crippen molar-refractivity contribution in [2.24, 2.45) is 11.7 Å². The van der Waals surface area contributed by atoms with Crippen molar-refractivity contribution in [2.45, 2.75) is 57.5 Å². The van der Waals surface area contributed by atoms with E-state index in [4.69, 9.17) is 10.5 Å². The van der Waals surface area contributed by atoms with Crippen molar-refractivity contribution in [3.63, 3.8) is 0 Å². The van der Waals surface area contributed by atoms with Crippen LogP contribution in [0.4, 0.5) is 5.69 Å². The van der Waals surface area contributed by atoms with Crippen molar-refractivity contribution in [1.29, 1.82) is 0 Å². The monoisotopic (exact) mass is 519 g/mol. The normalized spacial score (nSPS) is 21.4. The minimum Gasteiger partial charge on any atom is -0.496 e. The molecule has 3 aromatic rings. The summed E-state index contributed by atoms with van der Waals surface area (Å²) in [7, 11) is 1.60. The second-order valence-electron chi connectivity index (χ2n) is 10.2. The summed E-state index contributed by atoms with van der Waals surface area (Å²) in [6.07, 6.45) is 3.87. The minimum absolute atomic E-state index is 0.0388. The Balaban J connectivity index is 1.31. The number of para-hydroxylation sites is 1. The minimum atomic E-state index is -0.631. The number of amides is 3. The number of aromatic amines is 1. The Labute approximate surface area is 220 Å². The van der Waals surface area contributed by atoms with Gasteiger partial charge in [0.2, 0.25) is 11.8 Å². The number of carbonyl (C=O) groups excluding carboxylic acids is 3. The smallest absolute Gasteiger partial charge is 0.326 e. The number of primary amides is 1. The summed E-state index contributed by atoms with van der Waals surface area (Å²) in [6, 6.07) is 10.1. The highest BCUT2D eigenvalue weighted by Crippen LogP contribution is 2.35. The zero-order chi connectivity index (χ0) is 27.0. The van der Waals surface area contributed by atoms with Gasteiger partial charge >= 0.3 is 5.69 Å². The lowest BCUT2D eigenvalue weighted by molar-refractivity contribution is -0.122. The molecular formula is C28H33N5O5. The van der Waals surface area contributed by atoms with Crippen LogP contribution in [0.1, 0.15) is 60.5 Å². The van der Waals surface area contributed by atoms with Gasteiger partial charge in [-0.2, -0.15) is 0 Å². The zero-order valence-electron chi connectivity index (χ0n) is 21.7. The maximum absolute atomic E-state index is 13.3. The van der Waals surface area contributed by atoms with Gasteiger partial charge in [-0.05, 0) is 69.2 Å². The van der Waals surface area contributed by atoms with Gasteiger partial charge in [0.15, 0.2) is 0 Å². The number of H-pyrrole nitrogens is 1. The molecular weight excluding hydrogens is 486 g/mol. The summed E-state index contributed by atoms with van der Waals surface area (Å²) in [5.74, 6) is -0.298. The second-order valence-corrected chi connectivity index (χ2v) is 10.2.